The minimum Gasteiger partial charge on any atom is -0.449 e. The van der Waals surface area contributed by atoms with Gasteiger partial charge in [-0.2, -0.15) is 26.3 Å². The van der Waals surface area contributed by atoms with Crippen molar-refractivity contribution in [2.24, 2.45) is 5.73 Å². The molecule has 8 nitrogen and oxygen atoms in total. The molecule has 1 unspecified atom stereocenters. The van der Waals surface area contributed by atoms with E-state index in [1.165, 1.54) is 0 Å². The van der Waals surface area contributed by atoms with Crippen LogP contribution in [0.25, 0.3) is 0 Å². The lowest BCUT2D eigenvalue weighted by atomic mass is 9.98. The normalized spacial score (nSPS) is 16.0. The molecule has 2 aromatic rings. The van der Waals surface area contributed by atoms with Gasteiger partial charge in [0.15, 0.2) is 17.5 Å². The molecular formula is C18H14F9N5O3. The van der Waals surface area contributed by atoms with E-state index in [-0.39, 0.29) is 31.0 Å². The van der Waals surface area contributed by atoms with Gasteiger partial charge in [0.25, 0.3) is 0 Å². The van der Waals surface area contributed by atoms with Crippen LogP contribution in [-0.4, -0.2) is 50.3 Å². The van der Waals surface area contributed by atoms with E-state index in [0.717, 1.165) is 9.47 Å². The summed E-state index contributed by atoms with van der Waals surface area (Å²) < 4.78 is 123. The molecule has 0 spiro atoms. The number of nitrogens with zero attached hydrogens (tertiary/aromatic N) is 4. The molecule has 1 aliphatic rings. The topological polar surface area (TPSA) is 103 Å². The highest BCUT2D eigenvalue weighted by Gasteiger charge is 2.44. The molecule has 2 N–H and O–H groups in total. The summed E-state index contributed by atoms with van der Waals surface area (Å²) in [6.07, 6.45) is -13.6. The van der Waals surface area contributed by atoms with E-state index in [0.29, 0.717) is 0 Å². The van der Waals surface area contributed by atoms with Gasteiger partial charge in [0.2, 0.25) is 11.7 Å². The van der Waals surface area contributed by atoms with Crippen molar-refractivity contribution >= 4 is 11.9 Å². The van der Waals surface area contributed by atoms with Gasteiger partial charge < -0.3 is 19.9 Å². The molecule has 2 heterocycles. The van der Waals surface area contributed by atoms with Crippen LogP contribution in [-0.2, 0) is 33.6 Å². The van der Waals surface area contributed by atoms with E-state index >= 15 is 0 Å². The molecule has 0 radical (unpaired) electrons. The highest BCUT2D eigenvalue weighted by Crippen LogP contribution is 2.32. The number of fused-ring (bicyclic) bond motifs is 1. The number of aromatic nitrogens is 3. The number of esters is 1. The smallest absolute Gasteiger partial charge is 0.449 e. The molecule has 1 aromatic heterocycles. The number of alkyl halides is 6. The van der Waals surface area contributed by atoms with E-state index in [1.807, 2.05) is 0 Å². The zero-order valence-corrected chi connectivity index (χ0v) is 17.1. The summed E-state index contributed by atoms with van der Waals surface area (Å²) in [4.78, 5) is 24.9. The number of nitrogens with two attached hydrogens (primary N) is 1. The summed E-state index contributed by atoms with van der Waals surface area (Å²) in [5, 5.41) is 6.39. The van der Waals surface area contributed by atoms with Crippen LogP contribution >= 0.6 is 0 Å². The van der Waals surface area contributed by atoms with Crippen LogP contribution in [0.2, 0.25) is 0 Å². The molecule has 0 bridgehead atoms. The van der Waals surface area contributed by atoms with Crippen molar-refractivity contribution < 1.29 is 53.8 Å². The van der Waals surface area contributed by atoms with Gasteiger partial charge in [0, 0.05) is 31.1 Å². The maximum Gasteiger partial charge on any atom is 0.490 e. The Morgan fingerprint density at radius 2 is 1.63 bits per heavy atom. The van der Waals surface area contributed by atoms with Crippen LogP contribution in [0.4, 0.5) is 39.5 Å². The van der Waals surface area contributed by atoms with Gasteiger partial charge >= 0.3 is 18.3 Å². The highest BCUT2D eigenvalue weighted by atomic mass is 19.4. The average Bonchev–Trinajstić information content (AvgIpc) is 3.17. The van der Waals surface area contributed by atoms with Gasteiger partial charge in [-0.25, -0.2) is 18.0 Å². The Balaban J connectivity index is 1.81. The molecule has 1 aromatic carbocycles. The number of hydrogen-bond acceptors (Lipinski definition) is 6. The molecule has 0 saturated heterocycles. The number of ether oxygens (including phenoxy) is 1. The largest absolute Gasteiger partial charge is 0.490 e. The lowest BCUT2D eigenvalue weighted by Gasteiger charge is -2.30. The number of halogens is 9. The van der Waals surface area contributed by atoms with Crippen molar-refractivity contribution in [1.82, 2.24) is 19.7 Å². The Kier molecular flexibility index (Phi) is 7.01. The third-order valence-corrected chi connectivity index (χ3v) is 4.97. The zero-order valence-electron chi connectivity index (χ0n) is 17.1. The van der Waals surface area contributed by atoms with Crippen LogP contribution in [0.15, 0.2) is 12.1 Å². The van der Waals surface area contributed by atoms with Gasteiger partial charge in [0.05, 0.1) is 12.6 Å². The van der Waals surface area contributed by atoms with Gasteiger partial charge in [0.1, 0.15) is 11.9 Å². The van der Waals surface area contributed by atoms with Gasteiger partial charge in [-0.1, -0.05) is 0 Å². The van der Waals surface area contributed by atoms with Gasteiger partial charge in [-0.3, -0.25) is 4.79 Å². The van der Waals surface area contributed by atoms with E-state index in [4.69, 9.17) is 5.73 Å². The molecule has 0 fully saturated rings. The predicted molar refractivity (Wildman–Crippen MR) is 94.2 cm³/mol. The summed E-state index contributed by atoms with van der Waals surface area (Å²) in [7, 11) is 0. The first-order chi connectivity index (χ1) is 16.1. The summed E-state index contributed by atoms with van der Waals surface area (Å²) in [5.41, 5.74) is 4.64. The van der Waals surface area contributed by atoms with Crippen molar-refractivity contribution in [2.75, 3.05) is 6.54 Å². The fourth-order valence-corrected chi connectivity index (χ4v) is 3.34. The summed E-state index contributed by atoms with van der Waals surface area (Å²) in [6.45, 7) is -1.14. The van der Waals surface area contributed by atoms with Crippen molar-refractivity contribution in [3.05, 3.63) is 46.8 Å². The lowest BCUT2D eigenvalue weighted by molar-refractivity contribution is -0.206. The van der Waals surface area contributed by atoms with Crippen molar-refractivity contribution in [3.8, 4) is 0 Å². The fraction of sp³-hybridized carbons (Fsp3) is 0.444. The Labute approximate surface area is 189 Å². The number of hydrogen-bond donors (Lipinski definition) is 1. The predicted octanol–water partition coefficient (Wildman–Crippen LogP) is 2.62. The Hall–Kier alpha value is -3.37. The van der Waals surface area contributed by atoms with Crippen molar-refractivity contribution in [2.45, 2.75) is 44.0 Å². The number of benzene rings is 1. The third-order valence-electron chi connectivity index (χ3n) is 4.97. The van der Waals surface area contributed by atoms with E-state index < -0.39 is 78.2 Å². The summed E-state index contributed by atoms with van der Waals surface area (Å²) in [5.74, 6) is -10.3. The molecule has 0 saturated carbocycles. The molecule has 192 valence electrons. The third kappa shape index (κ3) is 5.66. The van der Waals surface area contributed by atoms with E-state index in [1.54, 1.807) is 0 Å². The Morgan fingerprint density at radius 3 is 2.23 bits per heavy atom. The van der Waals surface area contributed by atoms with Crippen molar-refractivity contribution in [1.29, 1.82) is 0 Å². The first kappa shape index (κ1) is 26.2. The minimum absolute atomic E-state index is 0.0106. The first-order valence-electron chi connectivity index (χ1n) is 9.54. The van der Waals surface area contributed by atoms with E-state index in [2.05, 4.69) is 14.9 Å². The quantitative estimate of drug-likeness (QED) is 0.370. The van der Waals surface area contributed by atoms with Crippen LogP contribution < -0.4 is 5.73 Å². The Morgan fingerprint density at radius 1 is 1.00 bits per heavy atom. The first-order valence-corrected chi connectivity index (χ1v) is 9.54. The molecule has 0 aliphatic carbocycles. The van der Waals surface area contributed by atoms with Crippen LogP contribution in [0.5, 0.6) is 0 Å². The molecular weight excluding hydrogens is 505 g/mol. The van der Waals surface area contributed by atoms with Gasteiger partial charge in [-0.05, 0) is 6.07 Å². The standard InChI is InChI=1S/C18H14F9N5O3/c19-8-4-10(21)9(20)3-7(8)14(35-16(34)18(25,26)27)11(28)5-13(33)31-1-2-32-12(6-31)29-30-15(32)17(22,23)24/h3-4,11,14H,1-2,5-6,28H2/t11-,14?/m0/s1. The SMILES string of the molecule is N[C@@H](CC(=O)N1CCn2c(nnc2C(F)(F)F)C1)C(OC(=O)C(F)(F)F)c1cc(F)c(F)cc1F. The second-order valence-electron chi connectivity index (χ2n) is 7.38. The van der Waals surface area contributed by atoms with Crippen molar-refractivity contribution in [3.63, 3.8) is 0 Å². The lowest BCUT2D eigenvalue weighted by Crippen LogP contribution is -2.44. The van der Waals surface area contributed by atoms with E-state index in [9.17, 15) is 49.1 Å². The summed E-state index contributed by atoms with van der Waals surface area (Å²) >= 11 is 0. The number of rotatable bonds is 5. The monoisotopic (exact) mass is 519 g/mol. The maximum absolute atomic E-state index is 14.2. The van der Waals surface area contributed by atoms with Crippen LogP contribution in [0.1, 0.15) is 29.7 Å². The zero-order chi connectivity index (χ0) is 26.3. The van der Waals surface area contributed by atoms with Crippen LogP contribution in [0, 0.1) is 17.5 Å². The minimum atomic E-state index is -5.57. The molecule has 35 heavy (non-hydrogen) atoms. The number of amides is 1. The average molecular weight is 519 g/mol. The maximum atomic E-state index is 14.2. The van der Waals surface area contributed by atoms with Crippen LogP contribution in [0.3, 0.4) is 0 Å². The molecule has 1 amide bonds. The molecule has 3 rings (SSSR count). The molecule has 1 aliphatic heterocycles. The molecule has 17 heteroatoms. The van der Waals surface area contributed by atoms with Gasteiger partial charge in [-0.15, -0.1) is 10.2 Å². The second kappa shape index (κ2) is 9.35. The summed E-state index contributed by atoms with van der Waals surface area (Å²) in [6, 6.07) is -1.77. The second-order valence-corrected chi connectivity index (χ2v) is 7.38. The molecule has 2 atom stereocenters. The Bertz CT molecular complexity index is 1130. The fourth-order valence-electron chi connectivity index (χ4n) is 3.34. The highest BCUT2D eigenvalue weighted by molar-refractivity contribution is 5.78. The number of carbonyl (C=O) groups excluding carboxylic acids is 2. The number of carbonyl (C=O) groups is 2.